The molecule has 0 heterocycles. The predicted molar refractivity (Wildman–Crippen MR) is 171 cm³/mol. The fraction of sp³-hybridized carbons (Fsp3) is 0.941. The summed E-state index contributed by atoms with van der Waals surface area (Å²) < 4.78 is 0. The lowest BCUT2D eigenvalue weighted by Gasteiger charge is -2.17. The van der Waals surface area contributed by atoms with Crippen molar-refractivity contribution in [3.63, 3.8) is 0 Å². The van der Waals surface area contributed by atoms with Crippen molar-refractivity contribution >= 4 is 11.7 Å². The molecular weight excluding hydrogens is 498 g/mol. The number of ketones is 1. The maximum atomic E-state index is 12.8. The standard InChI is InChI=1S/C34H69N3O3/c1-3-4-5-6-7-8-9-11-15-24-33(39)29-31(22-17-19-26-36)34(40)37-27-20-13-10-12-14-23-32(38)28-30(2)21-16-18-25-35/h30-32,38H,3-29,35-36H2,1-2H3,(H,37,40). The summed E-state index contributed by atoms with van der Waals surface area (Å²) in [5.41, 5.74) is 11.2. The van der Waals surface area contributed by atoms with E-state index in [-0.39, 0.29) is 23.7 Å². The van der Waals surface area contributed by atoms with E-state index in [4.69, 9.17) is 11.5 Å². The number of hydrogen-bond acceptors (Lipinski definition) is 5. The van der Waals surface area contributed by atoms with Crippen LogP contribution < -0.4 is 16.8 Å². The molecule has 6 N–H and O–H groups in total. The van der Waals surface area contributed by atoms with Crippen LogP contribution in [0.2, 0.25) is 0 Å². The van der Waals surface area contributed by atoms with Crippen LogP contribution in [0.4, 0.5) is 0 Å². The van der Waals surface area contributed by atoms with Crippen molar-refractivity contribution < 1.29 is 14.7 Å². The topological polar surface area (TPSA) is 118 Å². The first-order valence-electron chi connectivity index (χ1n) is 17.3. The average Bonchev–Trinajstić information content (AvgIpc) is 2.93. The second kappa shape index (κ2) is 29.5. The van der Waals surface area contributed by atoms with Gasteiger partial charge in [0.15, 0.2) is 0 Å². The number of hydrogen-bond donors (Lipinski definition) is 4. The van der Waals surface area contributed by atoms with E-state index in [0.717, 1.165) is 103 Å². The van der Waals surface area contributed by atoms with Crippen LogP contribution in [0.25, 0.3) is 0 Å². The molecule has 3 atom stereocenters. The van der Waals surface area contributed by atoms with Gasteiger partial charge < -0.3 is 21.9 Å². The van der Waals surface area contributed by atoms with E-state index in [1.165, 1.54) is 44.9 Å². The highest BCUT2D eigenvalue weighted by molar-refractivity contribution is 5.86. The zero-order chi connectivity index (χ0) is 29.7. The molecule has 0 bridgehead atoms. The lowest BCUT2D eigenvalue weighted by molar-refractivity contribution is -0.129. The number of aliphatic hydroxyl groups is 1. The summed E-state index contributed by atoms with van der Waals surface area (Å²) in [6.07, 6.45) is 25.1. The van der Waals surface area contributed by atoms with E-state index in [0.29, 0.717) is 31.8 Å². The van der Waals surface area contributed by atoms with Gasteiger partial charge in [0.1, 0.15) is 5.78 Å². The van der Waals surface area contributed by atoms with Crippen LogP contribution in [-0.2, 0) is 9.59 Å². The van der Waals surface area contributed by atoms with Crippen molar-refractivity contribution in [3.8, 4) is 0 Å². The van der Waals surface area contributed by atoms with Gasteiger partial charge in [0.25, 0.3) is 0 Å². The van der Waals surface area contributed by atoms with Gasteiger partial charge in [-0.1, -0.05) is 110 Å². The third kappa shape index (κ3) is 26.0. The van der Waals surface area contributed by atoms with Crippen molar-refractivity contribution in [2.24, 2.45) is 23.3 Å². The van der Waals surface area contributed by atoms with Gasteiger partial charge in [-0.2, -0.15) is 0 Å². The van der Waals surface area contributed by atoms with Crippen LogP contribution in [0, 0.1) is 11.8 Å². The van der Waals surface area contributed by atoms with E-state index in [1.807, 2.05) is 0 Å². The largest absolute Gasteiger partial charge is 0.393 e. The molecule has 3 unspecified atom stereocenters. The van der Waals surface area contributed by atoms with Gasteiger partial charge in [-0.15, -0.1) is 0 Å². The Kier molecular flexibility index (Phi) is 28.8. The van der Waals surface area contributed by atoms with Crippen molar-refractivity contribution in [3.05, 3.63) is 0 Å². The van der Waals surface area contributed by atoms with Gasteiger partial charge in [-0.25, -0.2) is 0 Å². The average molecular weight is 568 g/mol. The van der Waals surface area contributed by atoms with Gasteiger partial charge in [0, 0.05) is 25.3 Å². The lowest BCUT2D eigenvalue weighted by Crippen LogP contribution is -2.33. The number of unbranched alkanes of at least 4 members (excludes halogenated alkanes) is 14. The van der Waals surface area contributed by atoms with Gasteiger partial charge in [-0.3, -0.25) is 9.59 Å². The summed E-state index contributed by atoms with van der Waals surface area (Å²) in [5.74, 6) is 0.635. The third-order valence-electron chi connectivity index (χ3n) is 8.25. The van der Waals surface area contributed by atoms with Gasteiger partial charge in [-0.05, 0) is 64.0 Å². The Balaban J connectivity index is 4.01. The zero-order valence-electron chi connectivity index (χ0n) is 26.7. The summed E-state index contributed by atoms with van der Waals surface area (Å²) in [7, 11) is 0. The van der Waals surface area contributed by atoms with Crippen LogP contribution in [0.15, 0.2) is 0 Å². The molecule has 0 saturated heterocycles. The second-order valence-electron chi connectivity index (χ2n) is 12.4. The van der Waals surface area contributed by atoms with Crippen LogP contribution in [-0.4, -0.2) is 42.5 Å². The van der Waals surface area contributed by atoms with Crippen molar-refractivity contribution in [2.45, 2.75) is 174 Å². The summed E-state index contributed by atoms with van der Waals surface area (Å²) >= 11 is 0. The SMILES string of the molecule is CCCCCCCCCCCC(=O)CC(CCCCN)C(=O)NCCCCCCCC(O)CC(C)CCCCN. The van der Waals surface area contributed by atoms with Crippen molar-refractivity contribution in [1.29, 1.82) is 0 Å². The summed E-state index contributed by atoms with van der Waals surface area (Å²) in [5, 5.41) is 13.4. The van der Waals surface area contributed by atoms with Crippen LogP contribution >= 0.6 is 0 Å². The van der Waals surface area contributed by atoms with Crippen LogP contribution in [0.3, 0.4) is 0 Å². The van der Waals surface area contributed by atoms with E-state index < -0.39 is 0 Å². The molecule has 0 rings (SSSR count). The summed E-state index contributed by atoms with van der Waals surface area (Å²) in [6.45, 7) is 6.54. The fourth-order valence-electron chi connectivity index (χ4n) is 5.60. The van der Waals surface area contributed by atoms with Gasteiger partial charge in [0.05, 0.1) is 6.10 Å². The molecule has 0 aliphatic carbocycles. The molecular formula is C34H69N3O3. The Labute approximate surface area is 248 Å². The predicted octanol–water partition coefficient (Wildman–Crippen LogP) is 7.58. The Morgan fingerprint density at radius 3 is 1.82 bits per heavy atom. The number of nitrogens with two attached hydrogens (primary N) is 2. The quantitative estimate of drug-likeness (QED) is 0.0644. The minimum atomic E-state index is -0.211. The Hall–Kier alpha value is -0.980. The molecule has 6 heteroatoms. The zero-order valence-corrected chi connectivity index (χ0v) is 26.7. The first kappa shape index (κ1) is 39.0. The number of rotatable bonds is 31. The molecule has 0 aliphatic heterocycles. The second-order valence-corrected chi connectivity index (χ2v) is 12.4. The first-order valence-corrected chi connectivity index (χ1v) is 17.3. The molecule has 0 spiro atoms. The van der Waals surface area contributed by atoms with Gasteiger partial charge >= 0.3 is 0 Å². The van der Waals surface area contributed by atoms with E-state index in [2.05, 4.69) is 19.2 Å². The minimum absolute atomic E-state index is 0.0427. The first-order chi connectivity index (χ1) is 19.4. The molecule has 0 aromatic heterocycles. The highest BCUT2D eigenvalue weighted by Crippen LogP contribution is 2.19. The third-order valence-corrected chi connectivity index (χ3v) is 8.25. The van der Waals surface area contributed by atoms with E-state index in [9.17, 15) is 14.7 Å². The Morgan fingerprint density at radius 1 is 0.675 bits per heavy atom. The smallest absolute Gasteiger partial charge is 0.223 e. The molecule has 0 radical (unpaired) electrons. The van der Waals surface area contributed by atoms with Crippen molar-refractivity contribution in [2.75, 3.05) is 19.6 Å². The fourth-order valence-corrected chi connectivity index (χ4v) is 5.60. The Bertz CT molecular complexity index is 573. The molecule has 0 aliphatic rings. The molecule has 1 amide bonds. The van der Waals surface area contributed by atoms with E-state index >= 15 is 0 Å². The number of aliphatic hydroxyl groups excluding tert-OH is 1. The lowest BCUT2D eigenvalue weighted by atomic mass is 9.93. The molecule has 238 valence electrons. The van der Waals surface area contributed by atoms with Crippen LogP contribution in [0.5, 0.6) is 0 Å². The minimum Gasteiger partial charge on any atom is -0.393 e. The number of carbonyl (C=O) groups excluding carboxylic acids is 2. The molecule has 0 saturated carbocycles. The molecule has 0 fully saturated rings. The van der Waals surface area contributed by atoms with Crippen molar-refractivity contribution in [1.82, 2.24) is 5.32 Å². The summed E-state index contributed by atoms with van der Waals surface area (Å²) in [6, 6.07) is 0. The normalized spacial score (nSPS) is 13.7. The molecule has 40 heavy (non-hydrogen) atoms. The molecule has 0 aromatic rings. The monoisotopic (exact) mass is 568 g/mol. The number of carbonyl (C=O) groups is 2. The highest BCUT2D eigenvalue weighted by Gasteiger charge is 2.21. The number of Topliss-reactive ketones (excluding diaryl/α,β-unsaturated/α-hetero) is 1. The highest BCUT2D eigenvalue weighted by atomic mass is 16.3. The Morgan fingerprint density at radius 2 is 1.20 bits per heavy atom. The number of nitrogens with one attached hydrogen (secondary N) is 1. The van der Waals surface area contributed by atoms with E-state index in [1.54, 1.807) is 0 Å². The van der Waals surface area contributed by atoms with Gasteiger partial charge in [0.2, 0.25) is 5.91 Å². The molecule has 0 aromatic carbocycles. The van der Waals surface area contributed by atoms with Crippen LogP contribution in [0.1, 0.15) is 168 Å². The number of amides is 1. The molecule has 6 nitrogen and oxygen atoms in total. The maximum Gasteiger partial charge on any atom is 0.223 e. The summed E-state index contributed by atoms with van der Waals surface area (Å²) in [4.78, 5) is 25.5. The maximum absolute atomic E-state index is 12.8.